The maximum Gasteiger partial charge on any atom is 0.408 e. The van der Waals surface area contributed by atoms with E-state index >= 15 is 0 Å². The zero-order valence-electron chi connectivity index (χ0n) is 21.3. The number of rotatable bonds is 13. The monoisotopic (exact) mass is 503 g/mol. The molecule has 0 aromatic carbocycles. The third-order valence-corrected chi connectivity index (χ3v) is 7.00. The Hall–Kier alpha value is -1.97. The predicted octanol–water partition coefficient (Wildman–Crippen LogP) is 3.51. The number of amides is 3. The van der Waals surface area contributed by atoms with E-state index in [1.165, 1.54) is 0 Å². The Morgan fingerprint density at radius 1 is 1.20 bits per heavy atom. The summed E-state index contributed by atoms with van der Waals surface area (Å²) in [6.07, 6.45) is 2.62. The Morgan fingerprint density at radius 2 is 1.89 bits per heavy atom. The molecular weight excluding hydrogens is 460 g/mol. The zero-order valence-corrected chi connectivity index (χ0v) is 21.3. The van der Waals surface area contributed by atoms with Crippen molar-refractivity contribution in [2.24, 2.45) is 17.8 Å². The van der Waals surface area contributed by atoms with E-state index in [1.807, 2.05) is 20.8 Å². The van der Waals surface area contributed by atoms with E-state index in [4.69, 9.17) is 4.74 Å². The molecule has 35 heavy (non-hydrogen) atoms. The van der Waals surface area contributed by atoms with Gasteiger partial charge in [-0.25, -0.2) is 13.6 Å². The number of hydrogen-bond donors (Lipinski definition) is 4. The number of carbonyl (C=O) groups excluding carboxylic acids is 3. The van der Waals surface area contributed by atoms with Crippen molar-refractivity contribution in [2.75, 3.05) is 13.2 Å². The molecule has 202 valence electrons. The molecular formula is C25H43F2N3O5. The summed E-state index contributed by atoms with van der Waals surface area (Å²) in [5, 5.41) is 17.9. The molecule has 4 N–H and O–H groups in total. The Balaban J connectivity index is 1.98. The summed E-state index contributed by atoms with van der Waals surface area (Å²) < 4.78 is 32.9. The van der Waals surface area contributed by atoms with Crippen LogP contribution in [0.3, 0.4) is 0 Å². The lowest BCUT2D eigenvalue weighted by atomic mass is 9.81. The summed E-state index contributed by atoms with van der Waals surface area (Å²) in [5.74, 6) is -3.49. The third-order valence-electron chi connectivity index (χ3n) is 7.00. The van der Waals surface area contributed by atoms with Gasteiger partial charge in [0.25, 0.3) is 0 Å². The highest BCUT2D eigenvalue weighted by Gasteiger charge is 2.39. The Bertz CT molecular complexity index is 697. The van der Waals surface area contributed by atoms with Crippen LogP contribution in [0.1, 0.15) is 85.0 Å². The van der Waals surface area contributed by atoms with Crippen LogP contribution in [0, 0.1) is 17.8 Å². The molecule has 0 aromatic rings. The summed E-state index contributed by atoms with van der Waals surface area (Å²) in [6.45, 7) is 6.12. The number of aliphatic hydroxyl groups is 1. The van der Waals surface area contributed by atoms with Gasteiger partial charge in [-0.1, -0.05) is 33.6 Å². The van der Waals surface area contributed by atoms with Crippen molar-refractivity contribution in [2.45, 2.75) is 109 Å². The highest BCUT2D eigenvalue weighted by atomic mass is 19.3. The number of nitrogens with one attached hydrogen (secondary N) is 3. The van der Waals surface area contributed by atoms with E-state index in [2.05, 4.69) is 16.0 Å². The van der Waals surface area contributed by atoms with Gasteiger partial charge in [-0.3, -0.25) is 9.59 Å². The van der Waals surface area contributed by atoms with E-state index in [-0.39, 0.29) is 43.1 Å². The molecule has 10 heteroatoms. The molecule has 0 radical (unpaired) electrons. The first kappa shape index (κ1) is 29.3. The fraction of sp³-hybridized carbons (Fsp3) is 0.880. The second-order valence-electron chi connectivity index (χ2n) is 10.5. The van der Waals surface area contributed by atoms with Crippen molar-refractivity contribution < 1.29 is 33.0 Å². The molecule has 1 heterocycles. The topological polar surface area (TPSA) is 117 Å². The predicted molar refractivity (Wildman–Crippen MR) is 128 cm³/mol. The van der Waals surface area contributed by atoms with Gasteiger partial charge in [-0.05, 0) is 50.4 Å². The van der Waals surface area contributed by atoms with Crippen molar-refractivity contribution in [1.82, 2.24) is 16.0 Å². The fourth-order valence-corrected chi connectivity index (χ4v) is 4.94. The summed E-state index contributed by atoms with van der Waals surface area (Å²) in [4.78, 5) is 37.6. The molecule has 2 aliphatic rings. The molecule has 1 saturated heterocycles. The lowest BCUT2D eigenvalue weighted by molar-refractivity contribution is -0.126. The van der Waals surface area contributed by atoms with Gasteiger partial charge >= 0.3 is 6.09 Å². The maximum absolute atomic E-state index is 13.6. The first-order valence-electron chi connectivity index (χ1n) is 13.1. The Labute approximate surface area is 207 Å². The molecule has 2 fully saturated rings. The largest absolute Gasteiger partial charge is 0.446 e. The minimum Gasteiger partial charge on any atom is -0.446 e. The SMILES string of the molecule is CCCCC(OC(=O)NC(CC(C)C)C(=O)NC(CO)CC1CCNC1=O)C1CCC(F)(F)CC1. The number of ether oxygens (including phenoxy) is 1. The van der Waals surface area contributed by atoms with E-state index in [1.54, 1.807) is 0 Å². The maximum atomic E-state index is 13.6. The standard InChI is InChI=1S/C25H43F2N3O5/c1-4-5-6-21(17-7-10-25(26,27)11-8-17)35-24(34)30-20(13-16(2)3)23(33)29-19(15-31)14-18-9-12-28-22(18)32/h16-21,31H,4-15H2,1-3H3,(H,28,32)(H,29,33)(H,30,34). The first-order valence-corrected chi connectivity index (χ1v) is 13.1. The minimum absolute atomic E-state index is 0.0864. The molecule has 1 aliphatic carbocycles. The van der Waals surface area contributed by atoms with Crippen molar-refractivity contribution >= 4 is 17.9 Å². The smallest absolute Gasteiger partial charge is 0.408 e. The van der Waals surface area contributed by atoms with Crippen LogP contribution in [0.5, 0.6) is 0 Å². The Morgan fingerprint density at radius 3 is 2.43 bits per heavy atom. The van der Waals surface area contributed by atoms with Crippen LogP contribution in [0.4, 0.5) is 13.6 Å². The third kappa shape index (κ3) is 9.89. The van der Waals surface area contributed by atoms with Gasteiger partial charge in [0.2, 0.25) is 17.7 Å². The minimum atomic E-state index is -2.66. The summed E-state index contributed by atoms with van der Waals surface area (Å²) in [5.41, 5.74) is 0. The summed E-state index contributed by atoms with van der Waals surface area (Å²) in [6, 6.07) is -1.48. The number of unbranched alkanes of at least 4 members (excludes halogenated alkanes) is 1. The van der Waals surface area contributed by atoms with Gasteiger partial charge in [0.1, 0.15) is 12.1 Å². The lowest BCUT2D eigenvalue weighted by Gasteiger charge is -2.34. The van der Waals surface area contributed by atoms with Crippen LogP contribution in [-0.2, 0) is 14.3 Å². The van der Waals surface area contributed by atoms with E-state index in [0.717, 1.165) is 12.8 Å². The molecule has 8 nitrogen and oxygen atoms in total. The van der Waals surface area contributed by atoms with Crippen LogP contribution in [0.15, 0.2) is 0 Å². The van der Waals surface area contributed by atoms with Gasteiger partial charge in [0, 0.05) is 25.3 Å². The average molecular weight is 504 g/mol. The summed E-state index contributed by atoms with van der Waals surface area (Å²) >= 11 is 0. The highest BCUT2D eigenvalue weighted by molar-refractivity contribution is 5.86. The number of alkyl carbamates (subject to hydrolysis) is 1. The van der Waals surface area contributed by atoms with E-state index < -0.39 is 36.1 Å². The molecule has 1 saturated carbocycles. The van der Waals surface area contributed by atoms with Crippen molar-refractivity contribution in [1.29, 1.82) is 0 Å². The van der Waals surface area contributed by atoms with Crippen molar-refractivity contribution in [3.8, 4) is 0 Å². The van der Waals surface area contributed by atoms with E-state index in [0.29, 0.717) is 45.1 Å². The fourth-order valence-electron chi connectivity index (χ4n) is 4.94. The zero-order chi connectivity index (χ0) is 26.0. The molecule has 1 aliphatic heterocycles. The van der Waals surface area contributed by atoms with Crippen LogP contribution >= 0.6 is 0 Å². The van der Waals surface area contributed by atoms with Crippen LogP contribution < -0.4 is 16.0 Å². The quantitative estimate of drug-likeness (QED) is 0.307. The molecule has 0 bridgehead atoms. The molecule has 4 atom stereocenters. The van der Waals surface area contributed by atoms with Gasteiger partial charge in [0.05, 0.1) is 12.6 Å². The van der Waals surface area contributed by atoms with Gasteiger partial charge in [0.15, 0.2) is 0 Å². The van der Waals surface area contributed by atoms with Gasteiger partial charge in [-0.15, -0.1) is 0 Å². The number of aliphatic hydroxyl groups excluding tert-OH is 1. The van der Waals surface area contributed by atoms with E-state index in [9.17, 15) is 28.3 Å². The second-order valence-corrected chi connectivity index (χ2v) is 10.5. The van der Waals surface area contributed by atoms with Crippen LogP contribution in [0.25, 0.3) is 0 Å². The highest BCUT2D eigenvalue weighted by Crippen LogP contribution is 2.39. The number of halogens is 2. The van der Waals surface area contributed by atoms with Crippen LogP contribution in [-0.4, -0.2) is 60.3 Å². The Kier molecular flexibility index (Phi) is 11.7. The van der Waals surface area contributed by atoms with Gasteiger partial charge < -0.3 is 25.8 Å². The molecule has 0 aromatic heterocycles. The molecule has 2 rings (SSSR count). The second kappa shape index (κ2) is 13.9. The number of alkyl halides is 2. The summed E-state index contributed by atoms with van der Waals surface area (Å²) in [7, 11) is 0. The molecule has 0 spiro atoms. The van der Waals surface area contributed by atoms with Crippen molar-refractivity contribution in [3.05, 3.63) is 0 Å². The number of carbonyl (C=O) groups is 3. The first-order chi connectivity index (χ1) is 16.5. The average Bonchev–Trinajstić information content (AvgIpc) is 3.19. The van der Waals surface area contributed by atoms with Gasteiger partial charge in [-0.2, -0.15) is 0 Å². The molecule has 4 unspecified atom stereocenters. The lowest BCUT2D eigenvalue weighted by Crippen LogP contribution is -2.52. The molecule has 3 amide bonds. The van der Waals surface area contributed by atoms with Crippen molar-refractivity contribution in [3.63, 3.8) is 0 Å². The number of hydrogen-bond acceptors (Lipinski definition) is 5. The van der Waals surface area contributed by atoms with Crippen LogP contribution in [0.2, 0.25) is 0 Å². The normalized spacial score (nSPS) is 22.8.